The van der Waals surface area contributed by atoms with Crippen molar-refractivity contribution in [3.8, 4) is 0 Å². The van der Waals surface area contributed by atoms with Gasteiger partial charge in [0.05, 0.1) is 0 Å². The zero-order chi connectivity index (χ0) is 15.8. The van der Waals surface area contributed by atoms with E-state index in [-0.39, 0.29) is 5.91 Å². The standard InChI is InChI=1S/C17H26N4O/c1-3-9-19-17(18-2)20-12-14-6-4-7-15(11-14)13-21-10-5-8-16(21)22/h4,6-7,11H,3,5,8-10,12-13H2,1-2H3,(H2,18,19,20). The van der Waals surface area contributed by atoms with Gasteiger partial charge in [-0.25, -0.2) is 0 Å². The summed E-state index contributed by atoms with van der Waals surface area (Å²) in [4.78, 5) is 17.8. The van der Waals surface area contributed by atoms with Crippen LogP contribution in [0.25, 0.3) is 0 Å². The van der Waals surface area contributed by atoms with Crippen molar-refractivity contribution in [3.63, 3.8) is 0 Å². The molecule has 1 heterocycles. The number of guanidine groups is 1. The Kier molecular flexibility index (Phi) is 6.25. The SMILES string of the molecule is CCCNC(=NC)NCc1cccc(CN2CCCC2=O)c1. The quantitative estimate of drug-likeness (QED) is 0.623. The molecule has 0 aromatic heterocycles. The van der Waals surface area contributed by atoms with Crippen molar-refractivity contribution in [1.29, 1.82) is 0 Å². The van der Waals surface area contributed by atoms with Crippen molar-refractivity contribution < 1.29 is 4.79 Å². The lowest BCUT2D eigenvalue weighted by molar-refractivity contribution is -0.128. The number of likely N-dealkylation sites (tertiary alicyclic amines) is 1. The normalized spacial score (nSPS) is 15.3. The molecule has 1 amide bonds. The molecule has 0 aliphatic carbocycles. The van der Waals surface area contributed by atoms with Crippen LogP contribution in [-0.2, 0) is 17.9 Å². The number of carbonyl (C=O) groups excluding carboxylic acids is 1. The van der Waals surface area contributed by atoms with Crippen LogP contribution >= 0.6 is 0 Å². The molecule has 0 unspecified atom stereocenters. The molecular weight excluding hydrogens is 276 g/mol. The van der Waals surface area contributed by atoms with Gasteiger partial charge in [0.1, 0.15) is 0 Å². The van der Waals surface area contributed by atoms with E-state index in [1.807, 2.05) is 4.90 Å². The second-order valence-corrected chi connectivity index (χ2v) is 5.59. The molecule has 1 aliphatic rings. The number of nitrogens with one attached hydrogen (secondary N) is 2. The van der Waals surface area contributed by atoms with Gasteiger partial charge in [-0.1, -0.05) is 31.2 Å². The van der Waals surface area contributed by atoms with Crippen LogP contribution in [0.1, 0.15) is 37.3 Å². The summed E-state index contributed by atoms with van der Waals surface area (Å²) in [6.45, 7) is 5.37. The Bertz CT molecular complexity index is 527. The lowest BCUT2D eigenvalue weighted by atomic mass is 10.1. The second kappa shape index (κ2) is 8.41. The Morgan fingerprint density at radius 3 is 2.82 bits per heavy atom. The van der Waals surface area contributed by atoms with E-state index >= 15 is 0 Å². The average molecular weight is 302 g/mol. The van der Waals surface area contributed by atoms with Crippen molar-refractivity contribution in [1.82, 2.24) is 15.5 Å². The number of hydrogen-bond donors (Lipinski definition) is 2. The number of nitrogens with zero attached hydrogens (tertiary/aromatic N) is 2. The van der Waals surface area contributed by atoms with E-state index < -0.39 is 0 Å². The van der Waals surface area contributed by atoms with Crippen LogP contribution in [0.3, 0.4) is 0 Å². The largest absolute Gasteiger partial charge is 0.356 e. The van der Waals surface area contributed by atoms with Gasteiger partial charge < -0.3 is 15.5 Å². The molecule has 1 saturated heterocycles. The molecule has 22 heavy (non-hydrogen) atoms. The Morgan fingerprint density at radius 2 is 2.14 bits per heavy atom. The van der Waals surface area contributed by atoms with Gasteiger partial charge in [-0.15, -0.1) is 0 Å². The van der Waals surface area contributed by atoms with Gasteiger partial charge in [0.25, 0.3) is 0 Å². The summed E-state index contributed by atoms with van der Waals surface area (Å²) in [7, 11) is 1.78. The van der Waals surface area contributed by atoms with E-state index in [4.69, 9.17) is 0 Å². The Hall–Kier alpha value is -2.04. The molecule has 2 N–H and O–H groups in total. The number of benzene rings is 1. The van der Waals surface area contributed by atoms with E-state index in [2.05, 4.69) is 46.8 Å². The molecular formula is C17H26N4O. The molecule has 0 spiro atoms. The minimum absolute atomic E-state index is 0.271. The average Bonchev–Trinajstić information content (AvgIpc) is 2.93. The van der Waals surface area contributed by atoms with Gasteiger partial charge in [0, 0.05) is 39.6 Å². The van der Waals surface area contributed by atoms with Crippen LogP contribution < -0.4 is 10.6 Å². The van der Waals surface area contributed by atoms with Crippen molar-refractivity contribution in [3.05, 3.63) is 35.4 Å². The third-order valence-corrected chi connectivity index (χ3v) is 3.76. The highest BCUT2D eigenvalue weighted by Crippen LogP contribution is 2.15. The Balaban J connectivity index is 1.89. The highest BCUT2D eigenvalue weighted by atomic mass is 16.2. The summed E-state index contributed by atoms with van der Waals surface area (Å²) >= 11 is 0. The topological polar surface area (TPSA) is 56.7 Å². The minimum Gasteiger partial charge on any atom is -0.356 e. The zero-order valence-electron chi connectivity index (χ0n) is 13.6. The third-order valence-electron chi connectivity index (χ3n) is 3.76. The van der Waals surface area contributed by atoms with Crippen molar-refractivity contribution >= 4 is 11.9 Å². The number of aliphatic imine (C=N–C) groups is 1. The molecule has 2 rings (SSSR count). The predicted octanol–water partition coefficient (Wildman–Crippen LogP) is 1.88. The summed E-state index contributed by atoms with van der Waals surface area (Å²) in [6.07, 6.45) is 2.75. The van der Waals surface area contributed by atoms with E-state index in [0.717, 1.165) is 45.0 Å². The maximum atomic E-state index is 11.7. The maximum Gasteiger partial charge on any atom is 0.222 e. The third kappa shape index (κ3) is 4.76. The monoisotopic (exact) mass is 302 g/mol. The first kappa shape index (κ1) is 16.3. The second-order valence-electron chi connectivity index (χ2n) is 5.59. The van der Waals surface area contributed by atoms with E-state index in [1.54, 1.807) is 7.05 Å². The summed E-state index contributed by atoms with van der Waals surface area (Å²) < 4.78 is 0. The van der Waals surface area contributed by atoms with Gasteiger partial charge in [-0.05, 0) is 24.0 Å². The summed E-state index contributed by atoms with van der Waals surface area (Å²) in [5, 5.41) is 6.56. The molecule has 5 heteroatoms. The van der Waals surface area contributed by atoms with Gasteiger partial charge in [-0.2, -0.15) is 0 Å². The summed E-state index contributed by atoms with van der Waals surface area (Å²) in [5.41, 5.74) is 2.38. The number of amides is 1. The first-order chi connectivity index (χ1) is 10.7. The lowest BCUT2D eigenvalue weighted by Gasteiger charge is -2.16. The fourth-order valence-corrected chi connectivity index (χ4v) is 2.58. The van der Waals surface area contributed by atoms with Crippen LogP contribution in [0.5, 0.6) is 0 Å². The molecule has 0 saturated carbocycles. The Labute approximate surface area is 132 Å². The minimum atomic E-state index is 0.271. The molecule has 0 bridgehead atoms. The summed E-state index contributed by atoms with van der Waals surface area (Å²) in [6, 6.07) is 8.38. The zero-order valence-corrected chi connectivity index (χ0v) is 13.6. The predicted molar refractivity (Wildman–Crippen MR) is 89.6 cm³/mol. The molecule has 120 valence electrons. The fourth-order valence-electron chi connectivity index (χ4n) is 2.58. The van der Waals surface area contributed by atoms with Crippen LogP contribution in [0, 0.1) is 0 Å². The van der Waals surface area contributed by atoms with Gasteiger partial charge in [0.15, 0.2) is 5.96 Å². The van der Waals surface area contributed by atoms with E-state index in [0.29, 0.717) is 6.42 Å². The van der Waals surface area contributed by atoms with Crippen LogP contribution in [0.4, 0.5) is 0 Å². The van der Waals surface area contributed by atoms with E-state index in [1.165, 1.54) is 11.1 Å². The van der Waals surface area contributed by atoms with Gasteiger partial charge in [-0.3, -0.25) is 9.79 Å². The molecule has 0 atom stereocenters. The van der Waals surface area contributed by atoms with Crippen molar-refractivity contribution in [2.45, 2.75) is 39.3 Å². The number of hydrogen-bond acceptors (Lipinski definition) is 2. The molecule has 0 radical (unpaired) electrons. The van der Waals surface area contributed by atoms with Crippen LogP contribution in [0.15, 0.2) is 29.3 Å². The smallest absolute Gasteiger partial charge is 0.222 e. The van der Waals surface area contributed by atoms with Crippen molar-refractivity contribution in [2.24, 2.45) is 4.99 Å². The van der Waals surface area contributed by atoms with Crippen molar-refractivity contribution in [2.75, 3.05) is 20.1 Å². The first-order valence-corrected chi connectivity index (χ1v) is 8.03. The summed E-state index contributed by atoms with van der Waals surface area (Å²) in [5.74, 6) is 1.09. The highest BCUT2D eigenvalue weighted by molar-refractivity contribution is 5.79. The fraction of sp³-hybridized carbons (Fsp3) is 0.529. The first-order valence-electron chi connectivity index (χ1n) is 8.03. The molecule has 1 fully saturated rings. The van der Waals surface area contributed by atoms with Gasteiger partial charge >= 0.3 is 0 Å². The molecule has 5 nitrogen and oxygen atoms in total. The van der Waals surface area contributed by atoms with Gasteiger partial charge in [0.2, 0.25) is 5.91 Å². The molecule has 1 aromatic carbocycles. The maximum absolute atomic E-state index is 11.7. The lowest BCUT2D eigenvalue weighted by Crippen LogP contribution is -2.37. The molecule has 1 aromatic rings. The van der Waals surface area contributed by atoms with E-state index in [9.17, 15) is 4.79 Å². The number of rotatable bonds is 6. The highest BCUT2D eigenvalue weighted by Gasteiger charge is 2.19. The van der Waals surface area contributed by atoms with Crippen LogP contribution in [-0.4, -0.2) is 36.9 Å². The number of carbonyl (C=O) groups is 1. The van der Waals surface area contributed by atoms with Crippen LogP contribution in [0.2, 0.25) is 0 Å². The Morgan fingerprint density at radius 1 is 1.32 bits per heavy atom. The molecule has 1 aliphatic heterocycles.